The van der Waals surface area contributed by atoms with Crippen molar-refractivity contribution in [3.8, 4) is 17.0 Å². The topological polar surface area (TPSA) is 67.0 Å². The van der Waals surface area contributed by atoms with E-state index in [1.165, 1.54) is 12.8 Å². The summed E-state index contributed by atoms with van der Waals surface area (Å²) in [6.07, 6.45) is 4.54. The molecule has 21 heavy (non-hydrogen) atoms. The highest BCUT2D eigenvalue weighted by Crippen LogP contribution is 2.37. The second-order valence-electron chi connectivity index (χ2n) is 5.67. The number of carbonyl (C=O) groups is 1. The maximum absolute atomic E-state index is 12.4. The van der Waals surface area contributed by atoms with Crippen LogP contribution in [0.1, 0.15) is 41.7 Å². The van der Waals surface area contributed by atoms with Crippen molar-refractivity contribution in [1.82, 2.24) is 15.5 Å². The third kappa shape index (κ3) is 2.09. The Hall–Kier alpha value is -2.30. The van der Waals surface area contributed by atoms with Gasteiger partial charge in [-0.3, -0.25) is 9.89 Å². The van der Waals surface area contributed by atoms with E-state index in [1.807, 2.05) is 24.3 Å². The van der Waals surface area contributed by atoms with E-state index in [1.54, 1.807) is 0 Å². The molecule has 0 atom stereocenters. The lowest BCUT2D eigenvalue weighted by Gasteiger charge is -2.17. The highest BCUT2D eigenvalue weighted by molar-refractivity contribution is 5.96. The molecule has 2 aromatic rings. The summed E-state index contributed by atoms with van der Waals surface area (Å²) < 4.78 is 5.73. The Morgan fingerprint density at radius 1 is 1.29 bits per heavy atom. The highest BCUT2D eigenvalue weighted by atomic mass is 16.5. The molecule has 0 radical (unpaired) electrons. The van der Waals surface area contributed by atoms with E-state index in [-0.39, 0.29) is 5.91 Å². The van der Waals surface area contributed by atoms with E-state index >= 15 is 0 Å². The van der Waals surface area contributed by atoms with Crippen LogP contribution in [0.3, 0.4) is 0 Å². The quantitative estimate of drug-likeness (QED) is 0.890. The zero-order chi connectivity index (χ0) is 14.2. The Morgan fingerprint density at radius 2 is 2.10 bits per heavy atom. The van der Waals surface area contributed by atoms with Gasteiger partial charge in [-0.05, 0) is 25.0 Å². The number of aromatic nitrogens is 2. The maximum Gasteiger partial charge on any atom is 0.269 e. The summed E-state index contributed by atoms with van der Waals surface area (Å²) in [5, 5.41) is 10.3. The van der Waals surface area contributed by atoms with Crippen LogP contribution in [-0.4, -0.2) is 22.1 Å². The zero-order valence-corrected chi connectivity index (χ0v) is 11.7. The number of amides is 1. The molecule has 0 unspecified atom stereocenters. The van der Waals surface area contributed by atoms with Crippen LogP contribution in [0.2, 0.25) is 0 Å². The van der Waals surface area contributed by atoms with Gasteiger partial charge in [-0.1, -0.05) is 25.0 Å². The van der Waals surface area contributed by atoms with E-state index in [0.29, 0.717) is 18.3 Å². The number of carbonyl (C=O) groups excluding carboxylic acids is 1. The van der Waals surface area contributed by atoms with Gasteiger partial charge in [0.25, 0.3) is 5.91 Å². The molecule has 0 spiro atoms. The van der Waals surface area contributed by atoms with Gasteiger partial charge in [-0.25, -0.2) is 0 Å². The van der Waals surface area contributed by atoms with Crippen molar-refractivity contribution in [3.05, 3.63) is 35.5 Å². The van der Waals surface area contributed by atoms with Gasteiger partial charge in [0.15, 0.2) is 0 Å². The van der Waals surface area contributed by atoms with Crippen LogP contribution < -0.4 is 10.1 Å². The SMILES string of the molecule is O=C(NC1CCCC1)c1[nH]nc2c1COc1ccccc1-2. The number of ether oxygens (including phenoxy) is 1. The molecule has 1 aromatic carbocycles. The molecule has 1 fully saturated rings. The zero-order valence-electron chi connectivity index (χ0n) is 11.7. The molecular formula is C16H17N3O2. The van der Waals surface area contributed by atoms with Crippen LogP contribution in [0.15, 0.2) is 24.3 Å². The summed E-state index contributed by atoms with van der Waals surface area (Å²) in [5.41, 5.74) is 3.15. The number of aromatic amines is 1. The Labute approximate surface area is 122 Å². The molecule has 5 heteroatoms. The van der Waals surface area contributed by atoms with Crippen molar-refractivity contribution in [2.75, 3.05) is 0 Å². The van der Waals surface area contributed by atoms with Gasteiger partial charge >= 0.3 is 0 Å². The number of hydrogen-bond donors (Lipinski definition) is 2. The lowest BCUT2D eigenvalue weighted by molar-refractivity contribution is 0.0930. The smallest absolute Gasteiger partial charge is 0.269 e. The van der Waals surface area contributed by atoms with E-state index in [9.17, 15) is 4.79 Å². The van der Waals surface area contributed by atoms with Crippen LogP contribution in [0.25, 0.3) is 11.3 Å². The van der Waals surface area contributed by atoms with Crippen LogP contribution in [-0.2, 0) is 6.61 Å². The van der Waals surface area contributed by atoms with Crippen LogP contribution in [0.5, 0.6) is 5.75 Å². The first kappa shape index (κ1) is 12.4. The molecule has 0 bridgehead atoms. The number of nitrogens with zero attached hydrogens (tertiary/aromatic N) is 1. The normalized spacial score (nSPS) is 17.0. The van der Waals surface area contributed by atoms with Crippen molar-refractivity contribution in [1.29, 1.82) is 0 Å². The highest BCUT2D eigenvalue weighted by Gasteiger charge is 2.27. The summed E-state index contributed by atoms with van der Waals surface area (Å²) in [5.74, 6) is 0.748. The fraction of sp³-hybridized carbons (Fsp3) is 0.375. The van der Waals surface area contributed by atoms with E-state index < -0.39 is 0 Å². The van der Waals surface area contributed by atoms with Crippen molar-refractivity contribution in [2.45, 2.75) is 38.3 Å². The van der Waals surface area contributed by atoms with Gasteiger partial charge in [0, 0.05) is 17.2 Å². The molecule has 1 saturated carbocycles. The predicted octanol–water partition coefficient (Wildman–Crippen LogP) is 2.64. The number of H-pyrrole nitrogens is 1. The monoisotopic (exact) mass is 283 g/mol. The Balaban J connectivity index is 1.64. The summed E-state index contributed by atoms with van der Waals surface area (Å²) in [4.78, 5) is 12.4. The molecule has 1 aliphatic carbocycles. The van der Waals surface area contributed by atoms with Gasteiger partial charge in [-0.15, -0.1) is 0 Å². The van der Waals surface area contributed by atoms with Gasteiger partial charge in [-0.2, -0.15) is 5.10 Å². The minimum Gasteiger partial charge on any atom is -0.488 e. The molecule has 0 saturated heterocycles. The number of hydrogen-bond acceptors (Lipinski definition) is 3. The van der Waals surface area contributed by atoms with Crippen molar-refractivity contribution in [3.63, 3.8) is 0 Å². The number of rotatable bonds is 2. The summed E-state index contributed by atoms with van der Waals surface area (Å²) in [7, 11) is 0. The first-order chi connectivity index (χ1) is 10.3. The van der Waals surface area contributed by atoms with Crippen molar-refractivity contribution >= 4 is 5.91 Å². The maximum atomic E-state index is 12.4. The summed E-state index contributed by atoms with van der Waals surface area (Å²) in [6.45, 7) is 0.385. The standard InChI is InChI=1S/C16H17N3O2/c20-16(17-10-5-1-2-6-10)15-12-9-21-13-8-4-3-7-11(13)14(12)18-19-15/h3-4,7-8,10H,1-2,5-6,9H2,(H,17,20)(H,18,19). The minimum absolute atomic E-state index is 0.0707. The van der Waals surface area contributed by atoms with Crippen LogP contribution in [0, 0.1) is 0 Å². The van der Waals surface area contributed by atoms with Crippen LogP contribution in [0.4, 0.5) is 0 Å². The van der Waals surface area contributed by atoms with E-state index in [4.69, 9.17) is 4.74 Å². The minimum atomic E-state index is -0.0707. The fourth-order valence-corrected chi connectivity index (χ4v) is 3.18. The Bertz CT molecular complexity index is 687. The molecule has 1 amide bonds. The molecule has 2 N–H and O–H groups in total. The third-order valence-electron chi connectivity index (χ3n) is 4.30. The lowest BCUT2D eigenvalue weighted by atomic mass is 10.0. The average Bonchev–Trinajstić information content (AvgIpc) is 3.15. The molecule has 108 valence electrons. The lowest BCUT2D eigenvalue weighted by Crippen LogP contribution is -2.33. The van der Waals surface area contributed by atoms with Crippen molar-refractivity contribution < 1.29 is 9.53 Å². The first-order valence-electron chi connectivity index (χ1n) is 7.43. The first-order valence-corrected chi connectivity index (χ1v) is 7.43. The Morgan fingerprint density at radius 3 is 2.95 bits per heavy atom. The molecule has 4 rings (SSSR count). The molecule has 2 aliphatic rings. The van der Waals surface area contributed by atoms with Crippen LogP contribution >= 0.6 is 0 Å². The largest absolute Gasteiger partial charge is 0.488 e. The Kier molecular flexibility index (Phi) is 2.91. The summed E-state index contributed by atoms with van der Waals surface area (Å²) in [6, 6.07) is 8.07. The third-order valence-corrected chi connectivity index (χ3v) is 4.30. The molecule has 2 heterocycles. The number of benzene rings is 1. The molecule has 5 nitrogen and oxygen atoms in total. The molecule has 1 aliphatic heterocycles. The molecule has 1 aromatic heterocycles. The fourth-order valence-electron chi connectivity index (χ4n) is 3.18. The van der Waals surface area contributed by atoms with Gasteiger partial charge < -0.3 is 10.1 Å². The van der Waals surface area contributed by atoms with Gasteiger partial charge in [0.1, 0.15) is 23.7 Å². The number of nitrogens with one attached hydrogen (secondary N) is 2. The molecular weight excluding hydrogens is 266 g/mol. The second-order valence-corrected chi connectivity index (χ2v) is 5.67. The number of para-hydroxylation sites is 1. The number of fused-ring (bicyclic) bond motifs is 3. The predicted molar refractivity (Wildman–Crippen MR) is 78.1 cm³/mol. The van der Waals surface area contributed by atoms with Gasteiger partial charge in [0.2, 0.25) is 0 Å². The van der Waals surface area contributed by atoms with Gasteiger partial charge in [0.05, 0.1) is 0 Å². The van der Waals surface area contributed by atoms with E-state index in [2.05, 4.69) is 15.5 Å². The second kappa shape index (κ2) is 4.91. The van der Waals surface area contributed by atoms with E-state index in [0.717, 1.165) is 35.4 Å². The average molecular weight is 283 g/mol. The summed E-state index contributed by atoms with van der Waals surface area (Å²) >= 11 is 0. The van der Waals surface area contributed by atoms with Crippen molar-refractivity contribution in [2.24, 2.45) is 0 Å².